The summed E-state index contributed by atoms with van der Waals surface area (Å²) in [4.78, 5) is 19.3. The zero-order chi connectivity index (χ0) is 16.1. The van der Waals surface area contributed by atoms with Crippen LogP contribution in [0.2, 0.25) is 0 Å². The van der Waals surface area contributed by atoms with Crippen LogP contribution in [0.15, 0.2) is 35.1 Å². The van der Waals surface area contributed by atoms with Crippen molar-refractivity contribution in [1.29, 1.82) is 0 Å². The average molecular weight is 374 g/mol. The van der Waals surface area contributed by atoms with Gasteiger partial charge in [0, 0.05) is 30.0 Å². The van der Waals surface area contributed by atoms with Gasteiger partial charge in [-0.1, -0.05) is 0 Å². The van der Waals surface area contributed by atoms with Crippen molar-refractivity contribution in [2.24, 2.45) is 0 Å². The first kappa shape index (κ1) is 14.4. The van der Waals surface area contributed by atoms with E-state index >= 15 is 0 Å². The lowest BCUT2D eigenvalue weighted by Crippen LogP contribution is -2.41. The fourth-order valence-corrected chi connectivity index (χ4v) is 3.44. The molecule has 1 atom stereocenters. The minimum Gasteiger partial charge on any atom is -0.331 e. The summed E-state index contributed by atoms with van der Waals surface area (Å²) in [6.07, 6.45) is 3.89. The van der Waals surface area contributed by atoms with E-state index in [1.165, 1.54) is 0 Å². The van der Waals surface area contributed by atoms with E-state index in [1.807, 2.05) is 49.3 Å². The molecule has 1 aliphatic rings. The first-order chi connectivity index (χ1) is 11.0. The van der Waals surface area contributed by atoms with Crippen LogP contribution in [0.3, 0.4) is 0 Å². The number of rotatable bonds is 1. The Hall–Kier alpha value is -2.15. The lowest BCUT2D eigenvalue weighted by Gasteiger charge is -2.33. The van der Waals surface area contributed by atoms with Gasteiger partial charge in [-0.25, -0.2) is 9.50 Å². The Kier molecular flexibility index (Phi) is 3.26. The standard InChI is InChI=1S/C16H16BrN5O/c1-10-8-20-5-6-21(11(2)15(20)18-10)16(23)14-7-13-4-3-12(17)9-22(13)19-14/h3-4,7-9,11H,5-6H2,1-2H3. The maximum Gasteiger partial charge on any atom is 0.275 e. The van der Waals surface area contributed by atoms with E-state index in [0.29, 0.717) is 12.2 Å². The normalized spacial score (nSPS) is 17.5. The number of halogens is 1. The lowest BCUT2D eigenvalue weighted by molar-refractivity contribution is 0.0631. The summed E-state index contributed by atoms with van der Waals surface area (Å²) in [6.45, 7) is 5.43. The van der Waals surface area contributed by atoms with Gasteiger partial charge in [-0.3, -0.25) is 4.79 Å². The molecule has 0 N–H and O–H groups in total. The number of imidazole rings is 1. The minimum atomic E-state index is -0.0542. The van der Waals surface area contributed by atoms with Gasteiger partial charge >= 0.3 is 0 Å². The van der Waals surface area contributed by atoms with Crippen molar-refractivity contribution in [1.82, 2.24) is 24.1 Å². The summed E-state index contributed by atoms with van der Waals surface area (Å²) in [5.41, 5.74) is 2.35. The number of amides is 1. The van der Waals surface area contributed by atoms with E-state index in [2.05, 4.69) is 30.6 Å². The molecule has 1 amide bonds. The molecule has 6 nitrogen and oxygen atoms in total. The number of aromatic nitrogens is 4. The van der Waals surface area contributed by atoms with Gasteiger partial charge in [0.2, 0.25) is 0 Å². The van der Waals surface area contributed by atoms with Gasteiger partial charge in [0.25, 0.3) is 5.91 Å². The molecule has 1 aliphatic heterocycles. The Balaban J connectivity index is 1.68. The molecular weight excluding hydrogens is 358 g/mol. The molecule has 0 aromatic carbocycles. The van der Waals surface area contributed by atoms with Crippen LogP contribution >= 0.6 is 15.9 Å². The monoisotopic (exact) mass is 373 g/mol. The SMILES string of the molecule is Cc1cn2c(n1)C(C)N(C(=O)c1cc3ccc(Br)cn3n1)CC2. The summed E-state index contributed by atoms with van der Waals surface area (Å²) in [5.74, 6) is 0.887. The fourth-order valence-electron chi connectivity index (χ4n) is 3.12. The van der Waals surface area contributed by atoms with Crippen molar-refractivity contribution in [3.8, 4) is 0 Å². The molecule has 0 aliphatic carbocycles. The van der Waals surface area contributed by atoms with E-state index < -0.39 is 0 Å². The second kappa shape index (κ2) is 5.19. The Morgan fingerprint density at radius 3 is 2.96 bits per heavy atom. The third-order valence-corrected chi connectivity index (χ3v) is 4.72. The van der Waals surface area contributed by atoms with E-state index in [1.54, 1.807) is 4.52 Å². The van der Waals surface area contributed by atoms with E-state index in [4.69, 9.17) is 0 Å². The number of pyridine rings is 1. The number of hydrogen-bond acceptors (Lipinski definition) is 3. The molecule has 1 unspecified atom stereocenters. The third-order valence-electron chi connectivity index (χ3n) is 4.25. The van der Waals surface area contributed by atoms with Crippen molar-refractivity contribution in [3.63, 3.8) is 0 Å². The molecule has 3 aromatic heterocycles. The second-order valence-corrected chi connectivity index (χ2v) is 6.77. The minimum absolute atomic E-state index is 0.0516. The molecule has 0 saturated carbocycles. The Labute approximate surface area is 141 Å². The van der Waals surface area contributed by atoms with Crippen molar-refractivity contribution in [2.75, 3.05) is 6.54 Å². The van der Waals surface area contributed by atoms with Crippen LogP contribution in [0.4, 0.5) is 0 Å². The summed E-state index contributed by atoms with van der Waals surface area (Å²) in [7, 11) is 0. The molecular formula is C16H16BrN5O. The average Bonchev–Trinajstić information content (AvgIpc) is 3.09. The van der Waals surface area contributed by atoms with Crippen LogP contribution in [0.5, 0.6) is 0 Å². The molecule has 0 saturated heterocycles. The number of hydrogen-bond donors (Lipinski definition) is 0. The molecule has 0 bridgehead atoms. The van der Waals surface area contributed by atoms with E-state index in [-0.39, 0.29) is 11.9 Å². The molecule has 4 rings (SSSR count). The fraction of sp³-hybridized carbons (Fsp3) is 0.312. The molecule has 0 radical (unpaired) electrons. The number of fused-ring (bicyclic) bond motifs is 2. The summed E-state index contributed by atoms with van der Waals surface area (Å²) in [5, 5.41) is 4.41. The Bertz CT molecular complexity index is 912. The smallest absolute Gasteiger partial charge is 0.275 e. The van der Waals surface area contributed by atoms with Gasteiger partial charge in [-0.15, -0.1) is 0 Å². The highest BCUT2D eigenvalue weighted by atomic mass is 79.9. The molecule has 118 valence electrons. The zero-order valence-corrected chi connectivity index (χ0v) is 14.5. The summed E-state index contributed by atoms with van der Waals surface area (Å²) in [6, 6.07) is 5.65. The first-order valence-corrected chi connectivity index (χ1v) is 8.32. The van der Waals surface area contributed by atoms with Crippen molar-refractivity contribution < 1.29 is 4.79 Å². The van der Waals surface area contributed by atoms with Crippen LogP contribution in [0.25, 0.3) is 5.52 Å². The predicted molar refractivity (Wildman–Crippen MR) is 89.3 cm³/mol. The number of aryl methyl sites for hydroxylation is 1. The predicted octanol–water partition coefficient (Wildman–Crippen LogP) is 2.82. The number of carbonyl (C=O) groups is 1. The van der Waals surface area contributed by atoms with Crippen LogP contribution in [0, 0.1) is 6.92 Å². The van der Waals surface area contributed by atoms with Gasteiger partial charge < -0.3 is 9.47 Å². The van der Waals surface area contributed by atoms with Gasteiger partial charge in [0.05, 0.1) is 17.3 Å². The highest BCUT2D eigenvalue weighted by Crippen LogP contribution is 2.26. The first-order valence-electron chi connectivity index (χ1n) is 7.52. The van der Waals surface area contributed by atoms with E-state index in [0.717, 1.165) is 28.1 Å². The molecule has 4 heterocycles. The van der Waals surface area contributed by atoms with Crippen LogP contribution < -0.4 is 0 Å². The van der Waals surface area contributed by atoms with Gasteiger partial charge in [0.15, 0.2) is 5.69 Å². The number of carbonyl (C=O) groups excluding carboxylic acids is 1. The molecule has 23 heavy (non-hydrogen) atoms. The van der Waals surface area contributed by atoms with Gasteiger partial charge in [0.1, 0.15) is 5.82 Å². The lowest BCUT2D eigenvalue weighted by atomic mass is 10.2. The quantitative estimate of drug-likeness (QED) is 0.658. The number of nitrogens with zero attached hydrogens (tertiary/aromatic N) is 5. The van der Waals surface area contributed by atoms with Gasteiger partial charge in [-0.05, 0) is 48.0 Å². The highest BCUT2D eigenvalue weighted by molar-refractivity contribution is 9.10. The molecule has 3 aromatic rings. The highest BCUT2D eigenvalue weighted by Gasteiger charge is 2.31. The maximum atomic E-state index is 12.9. The topological polar surface area (TPSA) is 55.4 Å². The third kappa shape index (κ3) is 2.35. The summed E-state index contributed by atoms with van der Waals surface area (Å²) >= 11 is 3.42. The van der Waals surface area contributed by atoms with Crippen molar-refractivity contribution >= 4 is 27.4 Å². The van der Waals surface area contributed by atoms with Gasteiger partial charge in [-0.2, -0.15) is 5.10 Å². The maximum absolute atomic E-state index is 12.9. The van der Waals surface area contributed by atoms with E-state index in [9.17, 15) is 4.79 Å². The van der Waals surface area contributed by atoms with Crippen LogP contribution in [0.1, 0.15) is 35.0 Å². The Morgan fingerprint density at radius 2 is 2.13 bits per heavy atom. The van der Waals surface area contributed by atoms with Crippen LogP contribution in [-0.4, -0.2) is 36.5 Å². The van der Waals surface area contributed by atoms with Crippen LogP contribution in [-0.2, 0) is 6.54 Å². The Morgan fingerprint density at radius 1 is 1.30 bits per heavy atom. The molecule has 7 heteroatoms. The van der Waals surface area contributed by atoms with Crippen molar-refractivity contribution in [2.45, 2.75) is 26.4 Å². The second-order valence-electron chi connectivity index (χ2n) is 5.85. The largest absolute Gasteiger partial charge is 0.331 e. The zero-order valence-electron chi connectivity index (χ0n) is 12.9. The summed E-state index contributed by atoms with van der Waals surface area (Å²) < 4.78 is 4.78. The molecule has 0 fully saturated rings. The molecule has 0 spiro atoms. The van der Waals surface area contributed by atoms with Crippen molar-refractivity contribution in [3.05, 3.63) is 52.3 Å².